The van der Waals surface area contributed by atoms with Crippen molar-refractivity contribution in [3.05, 3.63) is 11.6 Å². The third kappa shape index (κ3) is 2.17. The summed E-state index contributed by atoms with van der Waals surface area (Å²) in [5, 5.41) is 12.3. The van der Waals surface area contributed by atoms with E-state index in [2.05, 4.69) is 27.0 Å². The number of hydrogen-bond acceptors (Lipinski definition) is 4. The lowest BCUT2D eigenvalue weighted by Crippen LogP contribution is -2.36. The predicted octanol–water partition coefficient (Wildman–Crippen LogP) is 1.10. The maximum absolute atomic E-state index is 5.64. The Kier molecular flexibility index (Phi) is 3.61. The number of fused-ring (bicyclic) bond motifs is 1. The molecule has 0 radical (unpaired) electrons. The lowest BCUT2D eigenvalue weighted by atomic mass is 10.0. The van der Waals surface area contributed by atoms with Crippen molar-refractivity contribution in [2.75, 3.05) is 19.8 Å². The fourth-order valence-corrected chi connectivity index (χ4v) is 2.94. The van der Waals surface area contributed by atoms with E-state index in [4.69, 9.17) is 4.74 Å². The van der Waals surface area contributed by atoms with Gasteiger partial charge in [-0.2, -0.15) is 0 Å². The molecule has 0 spiro atoms. The Labute approximate surface area is 108 Å². The molecule has 1 aromatic heterocycles. The Morgan fingerprint density at radius 2 is 2.28 bits per heavy atom. The largest absolute Gasteiger partial charge is 0.379 e. The number of nitrogens with one attached hydrogen (secondary N) is 1. The van der Waals surface area contributed by atoms with Crippen LogP contribution in [0.25, 0.3) is 0 Å². The molecule has 1 fully saturated rings. The van der Waals surface area contributed by atoms with Crippen LogP contribution in [-0.2, 0) is 17.7 Å². The van der Waals surface area contributed by atoms with E-state index in [0.717, 1.165) is 50.8 Å². The van der Waals surface area contributed by atoms with Crippen LogP contribution in [0.1, 0.15) is 43.8 Å². The molecule has 3 rings (SSSR count). The van der Waals surface area contributed by atoms with Crippen molar-refractivity contribution >= 4 is 0 Å². The van der Waals surface area contributed by atoms with Crippen LogP contribution in [0.2, 0.25) is 0 Å². The maximum Gasteiger partial charge on any atom is 0.140 e. The second kappa shape index (κ2) is 5.36. The molecule has 5 nitrogen and oxygen atoms in total. The zero-order chi connectivity index (χ0) is 12.4. The molecule has 2 atom stereocenters. The highest BCUT2D eigenvalue weighted by Gasteiger charge is 2.34. The highest BCUT2D eigenvalue weighted by atomic mass is 16.5. The monoisotopic (exact) mass is 250 g/mol. The standard InChI is InChI=1S/C13H22N4O/c1-2-6-14-11-9-18-8-10(11)13-16-15-12-5-3-4-7-17(12)13/h10-11,14H,2-9H2,1H3. The van der Waals surface area contributed by atoms with E-state index in [9.17, 15) is 0 Å². The van der Waals surface area contributed by atoms with Crippen LogP contribution in [0.3, 0.4) is 0 Å². The van der Waals surface area contributed by atoms with Gasteiger partial charge in [0.15, 0.2) is 0 Å². The molecule has 0 aliphatic carbocycles. The van der Waals surface area contributed by atoms with Gasteiger partial charge < -0.3 is 14.6 Å². The van der Waals surface area contributed by atoms with Gasteiger partial charge in [0.25, 0.3) is 0 Å². The first kappa shape index (κ1) is 12.1. The molecular formula is C13H22N4O. The Morgan fingerprint density at radius 1 is 1.33 bits per heavy atom. The van der Waals surface area contributed by atoms with Gasteiger partial charge in [0.1, 0.15) is 11.6 Å². The summed E-state index contributed by atoms with van der Waals surface area (Å²) in [7, 11) is 0. The third-order valence-corrected chi connectivity index (χ3v) is 3.96. The average molecular weight is 250 g/mol. The minimum absolute atomic E-state index is 0.371. The third-order valence-electron chi connectivity index (χ3n) is 3.96. The van der Waals surface area contributed by atoms with Crippen LogP contribution < -0.4 is 5.32 Å². The summed E-state index contributed by atoms with van der Waals surface area (Å²) in [4.78, 5) is 0. The van der Waals surface area contributed by atoms with Gasteiger partial charge in [0.2, 0.25) is 0 Å². The summed E-state index contributed by atoms with van der Waals surface area (Å²) < 4.78 is 7.96. The van der Waals surface area contributed by atoms with E-state index in [-0.39, 0.29) is 0 Å². The zero-order valence-corrected chi connectivity index (χ0v) is 11.1. The second-order valence-corrected chi connectivity index (χ2v) is 5.29. The second-order valence-electron chi connectivity index (χ2n) is 5.29. The molecule has 1 N–H and O–H groups in total. The number of rotatable bonds is 4. The van der Waals surface area contributed by atoms with E-state index in [1.54, 1.807) is 0 Å². The molecule has 3 heterocycles. The van der Waals surface area contributed by atoms with Crippen molar-refractivity contribution in [1.29, 1.82) is 0 Å². The van der Waals surface area contributed by atoms with Gasteiger partial charge in [-0.1, -0.05) is 6.92 Å². The highest BCUT2D eigenvalue weighted by molar-refractivity contribution is 5.09. The normalized spacial score (nSPS) is 27.4. The lowest BCUT2D eigenvalue weighted by molar-refractivity contribution is 0.187. The molecule has 18 heavy (non-hydrogen) atoms. The van der Waals surface area contributed by atoms with E-state index in [0.29, 0.717) is 12.0 Å². The van der Waals surface area contributed by atoms with Gasteiger partial charge in [0, 0.05) is 19.0 Å². The van der Waals surface area contributed by atoms with Gasteiger partial charge in [-0.3, -0.25) is 0 Å². The predicted molar refractivity (Wildman–Crippen MR) is 68.6 cm³/mol. The smallest absolute Gasteiger partial charge is 0.140 e. The highest BCUT2D eigenvalue weighted by Crippen LogP contribution is 2.27. The fraction of sp³-hybridized carbons (Fsp3) is 0.846. The van der Waals surface area contributed by atoms with Gasteiger partial charge in [-0.05, 0) is 25.8 Å². The summed E-state index contributed by atoms with van der Waals surface area (Å²) in [6.07, 6.45) is 4.73. The van der Waals surface area contributed by atoms with Crippen LogP contribution in [0.15, 0.2) is 0 Å². The number of ether oxygens (including phenoxy) is 1. The van der Waals surface area contributed by atoms with E-state index < -0.39 is 0 Å². The Bertz CT molecular complexity index is 404. The van der Waals surface area contributed by atoms with Gasteiger partial charge in [0.05, 0.1) is 19.1 Å². The average Bonchev–Trinajstić information content (AvgIpc) is 3.02. The van der Waals surface area contributed by atoms with Crippen LogP contribution >= 0.6 is 0 Å². The quantitative estimate of drug-likeness (QED) is 0.869. The van der Waals surface area contributed by atoms with Crippen molar-refractivity contribution < 1.29 is 4.74 Å². The van der Waals surface area contributed by atoms with Crippen molar-refractivity contribution in [3.8, 4) is 0 Å². The molecule has 0 saturated carbocycles. The number of aryl methyl sites for hydroxylation is 1. The molecule has 0 amide bonds. The molecule has 100 valence electrons. The van der Waals surface area contributed by atoms with Crippen LogP contribution in [0.5, 0.6) is 0 Å². The van der Waals surface area contributed by atoms with Crippen LogP contribution in [0, 0.1) is 0 Å². The minimum Gasteiger partial charge on any atom is -0.379 e. The van der Waals surface area contributed by atoms with Crippen molar-refractivity contribution in [2.45, 2.75) is 51.1 Å². The summed E-state index contributed by atoms with van der Waals surface area (Å²) in [6.45, 7) is 5.89. The SMILES string of the molecule is CCCNC1COCC1c1nnc2n1CCCC2. The van der Waals surface area contributed by atoms with E-state index >= 15 is 0 Å². The molecule has 1 aromatic rings. The molecular weight excluding hydrogens is 228 g/mol. The molecule has 0 aromatic carbocycles. The van der Waals surface area contributed by atoms with Crippen LogP contribution in [-0.4, -0.2) is 40.6 Å². The Hall–Kier alpha value is -0.940. The van der Waals surface area contributed by atoms with Gasteiger partial charge >= 0.3 is 0 Å². The molecule has 0 bridgehead atoms. The summed E-state index contributed by atoms with van der Waals surface area (Å²) >= 11 is 0. The molecule has 2 aliphatic heterocycles. The maximum atomic E-state index is 5.64. The zero-order valence-electron chi connectivity index (χ0n) is 11.1. The molecule has 5 heteroatoms. The van der Waals surface area contributed by atoms with E-state index in [1.807, 2.05) is 0 Å². The lowest BCUT2D eigenvalue weighted by Gasteiger charge is -2.21. The minimum atomic E-state index is 0.371. The summed E-state index contributed by atoms with van der Waals surface area (Å²) in [5.41, 5.74) is 0. The summed E-state index contributed by atoms with van der Waals surface area (Å²) in [6, 6.07) is 0.403. The first-order chi connectivity index (χ1) is 8.90. The van der Waals surface area contributed by atoms with Crippen LogP contribution in [0.4, 0.5) is 0 Å². The molecule has 1 saturated heterocycles. The van der Waals surface area contributed by atoms with Gasteiger partial charge in [-0.15, -0.1) is 10.2 Å². The topological polar surface area (TPSA) is 52.0 Å². The Balaban J connectivity index is 1.78. The molecule has 2 unspecified atom stereocenters. The van der Waals surface area contributed by atoms with Crippen molar-refractivity contribution in [3.63, 3.8) is 0 Å². The van der Waals surface area contributed by atoms with Crippen molar-refractivity contribution in [2.24, 2.45) is 0 Å². The fourth-order valence-electron chi connectivity index (χ4n) is 2.94. The van der Waals surface area contributed by atoms with E-state index in [1.165, 1.54) is 12.8 Å². The molecule has 2 aliphatic rings. The van der Waals surface area contributed by atoms with Crippen molar-refractivity contribution in [1.82, 2.24) is 20.1 Å². The summed E-state index contributed by atoms with van der Waals surface area (Å²) in [5.74, 6) is 2.67. The first-order valence-corrected chi connectivity index (χ1v) is 7.13. The number of hydrogen-bond donors (Lipinski definition) is 1. The number of nitrogens with zero attached hydrogens (tertiary/aromatic N) is 3. The number of aromatic nitrogens is 3. The van der Waals surface area contributed by atoms with Gasteiger partial charge in [-0.25, -0.2) is 0 Å². The Morgan fingerprint density at radius 3 is 3.17 bits per heavy atom. The first-order valence-electron chi connectivity index (χ1n) is 7.13.